The number of hydrogen-bond acceptors (Lipinski definition) is 10. The Balaban J connectivity index is 1.48. The van der Waals surface area contributed by atoms with E-state index in [2.05, 4.69) is 43.5 Å². The fourth-order valence-corrected chi connectivity index (χ4v) is 3.57. The van der Waals surface area contributed by atoms with Crippen molar-refractivity contribution in [2.45, 2.75) is 24.3 Å². The van der Waals surface area contributed by atoms with Gasteiger partial charge in [-0.25, -0.2) is 0 Å². The molecule has 10 heteroatoms. The molecule has 0 aliphatic rings. The molecule has 0 atom stereocenters. The number of anilines is 3. The third-order valence-corrected chi connectivity index (χ3v) is 5.23. The molecule has 0 saturated carbocycles. The number of aryl methyl sites for hydroxylation is 1. The number of methoxy groups -OCH3 is 1. The van der Waals surface area contributed by atoms with Gasteiger partial charge in [-0.3, -0.25) is 0 Å². The minimum atomic E-state index is 0.141. The average molecular weight is 436 g/mol. The molecule has 2 aromatic heterocycles. The van der Waals surface area contributed by atoms with E-state index in [1.54, 1.807) is 7.11 Å². The van der Waals surface area contributed by atoms with E-state index >= 15 is 0 Å². The lowest BCUT2D eigenvalue weighted by Crippen LogP contribution is -2.07. The number of aromatic nitrogens is 5. The van der Waals surface area contributed by atoms with E-state index in [0.717, 1.165) is 23.2 Å². The van der Waals surface area contributed by atoms with E-state index in [-0.39, 0.29) is 5.95 Å². The van der Waals surface area contributed by atoms with Crippen molar-refractivity contribution in [1.82, 2.24) is 25.1 Å². The molecule has 0 amide bonds. The Bertz CT molecular complexity index is 1180. The molecule has 9 nitrogen and oxygen atoms in total. The number of benzene rings is 2. The molecule has 0 saturated heterocycles. The Hall–Kier alpha value is -3.66. The Morgan fingerprint density at radius 1 is 1.03 bits per heavy atom. The second-order valence-corrected chi connectivity index (χ2v) is 7.36. The fraction of sp³-hybridized carbons (Fsp3) is 0.190. The standard InChI is InChI=1S/C21H21N7O2S/c1-3-13-8-4-6-10-15(13)23-20-25-17(24-19(22)26-20)12-31-21-28-27-18(30-21)14-9-5-7-11-16(14)29-2/h4-11H,3,12H2,1-2H3,(H3,22,23,24,25,26). The summed E-state index contributed by atoms with van der Waals surface area (Å²) in [7, 11) is 1.60. The van der Waals surface area contributed by atoms with E-state index in [9.17, 15) is 0 Å². The molecule has 31 heavy (non-hydrogen) atoms. The van der Waals surface area contributed by atoms with Gasteiger partial charge in [0.15, 0.2) is 0 Å². The number of para-hydroxylation sites is 2. The van der Waals surface area contributed by atoms with Crippen LogP contribution in [0.25, 0.3) is 11.5 Å². The summed E-state index contributed by atoms with van der Waals surface area (Å²) in [6, 6.07) is 15.4. The lowest BCUT2D eigenvalue weighted by molar-refractivity contribution is 0.411. The molecular formula is C21H21N7O2S. The van der Waals surface area contributed by atoms with Crippen molar-refractivity contribution in [3.8, 4) is 17.2 Å². The number of rotatable bonds is 8. The van der Waals surface area contributed by atoms with Crippen LogP contribution >= 0.6 is 11.8 Å². The molecular weight excluding hydrogens is 414 g/mol. The molecule has 2 heterocycles. The lowest BCUT2D eigenvalue weighted by atomic mass is 10.1. The Kier molecular flexibility index (Phi) is 6.27. The molecule has 0 aliphatic carbocycles. The molecule has 0 aliphatic heterocycles. The quantitative estimate of drug-likeness (QED) is 0.391. The van der Waals surface area contributed by atoms with Crippen LogP contribution in [-0.4, -0.2) is 32.3 Å². The summed E-state index contributed by atoms with van der Waals surface area (Å²) in [5.41, 5.74) is 8.72. The van der Waals surface area contributed by atoms with Gasteiger partial charge in [0.2, 0.25) is 11.9 Å². The van der Waals surface area contributed by atoms with E-state index in [1.165, 1.54) is 11.8 Å². The molecule has 0 spiro atoms. The summed E-state index contributed by atoms with van der Waals surface area (Å²) >= 11 is 1.32. The molecule has 4 aromatic rings. The van der Waals surface area contributed by atoms with Gasteiger partial charge >= 0.3 is 0 Å². The average Bonchev–Trinajstić information content (AvgIpc) is 3.26. The second kappa shape index (κ2) is 9.43. The van der Waals surface area contributed by atoms with Gasteiger partial charge in [0.1, 0.15) is 11.6 Å². The molecule has 0 fully saturated rings. The zero-order valence-corrected chi connectivity index (χ0v) is 17.9. The van der Waals surface area contributed by atoms with Crippen LogP contribution in [0.3, 0.4) is 0 Å². The molecule has 0 unspecified atom stereocenters. The van der Waals surface area contributed by atoms with Crippen molar-refractivity contribution in [3.63, 3.8) is 0 Å². The first-order valence-electron chi connectivity index (χ1n) is 9.61. The first kappa shape index (κ1) is 20.6. The summed E-state index contributed by atoms with van der Waals surface area (Å²) in [6.07, 6.45) is 0.887. The van der Waals surface area contributed by atoms with Crippen LogP contribution in [0.1, 0.15) is 18.3 Å². The normalized spacial score (nSPS) is 10.8. The number of nitrogens with zero attached hydrogens (tertiary/aromatic N) is 5. The predicted octanol–water partition coefficient (Wildman–Crippen LogP) is 4.11. The molecule has 0 radical (unpaired) electrons. The number of nitrogens with one attached hydrogen (secondary N) is 1. The van der Waals surface area contributed by atoms with E-state index in [0.29, 0.717) is 34.4 Å². The second-order valence-electron chi connectivity index (χ2n) is 6.43. The fourth-order valence-electron chi connectivity index (χ4n) is 2.95. The zero-order chi connectivity index (χ0) is 21.6. The molecule has 3 N–H and O–H groups in total. The maximum absolute atomic E-state index is 5.89. The van der Waals surface area contributed by atoms with Gasteiger partial charge in [-0.2, -0.15) is 15.0 Å². The van der Waals surface area contributed by atoms with Crippen molar-refractivity contribution in [3.05, 3.63) is 59.9 Å². The van der Waals surface area contributed by atoms with Crippen LogP contribution in [0.2, 0.25) is 0 Å². The smallest absolute Gasteiger partial charge is 0.277 e. The topological polar surface area (TPSA) is 125 Å². The Labute approximate surface area is 183 Å². The zero-order valence-electron chi connectivity index (χ0n) is 17.1. The highest BCUT2D eigenvalue weighted by Gasteiger charge is 2.14. The van der Waals surface area contributed by atoms with Crippen LogP contribution in [-0.2, 0) is 12.2 Å². The van der Waals surface area contributed by atoms with Crippen molar-refractivity contribution in [2.24, 2.45) is 0 Å². The molecule has 2 aromatic carbocycles. The van der Waals surface area contributed by atoms with Gasteiger partial charge in [0.05, 0.1) is 18.4 Å². The maximum atomic E-state index is 5.89. The molecule has 0 bridgehead atoms. The predicted molar refractivity (Wildman–Crippen MR) is 119 cm³/mol. The maximum Gasteiger partial charge on any atom is 0.277 e. The van der Waals surface area contributed by atoms with Gasteiger partial charge in [-0.15, -0.1) is 10.2 Å². The highest BCUT2D eigenvalue weighted by molar-refractivity contribution is 7.98. The van der Waals surface area contributed by atoms with E-state index in [4.69, 9.17) is 14.9 Å². The van der Waals surface area contributed by atoms with Crippen molar-refractivity contribution in [1.29, 1.82) is 0 Å². The highest BCUT2D eigenvalue weighted by Crippen LogP contribution is 2.31. The summed E-state index contributed by atoms with van der Waals surface area (Å²) in [5, 5.41) is 11.8. The number of hydrogen-bond donors (Lipinski definition) is 2. The largest absolute Gasteiger partial charge is 0.496 e. The third-order valence-electron chi connectivity index (χ3n) is 4.41. The first-order valence-corrected chi connectivity index (χ1v) is 10.6. The number of nitrogen functional groups attached to an aromatic ring is 1. The van der Waals surface area contributed by atoms with Crippen LogP contribution in [0, 0.1) is 0 Å². The van der Waals surface area contributed by atoms with Crippen molar-refractivity contribution in [2.75, 3.05) is 18.2 Å². The summed E-state index contributed by atoms with van der Waals surface area (Å²) in [6.45, 7) is 2.09. The van der Waals surface area contributed by atoms with Gasteiger partial charge in [0, 0.05) is 5.69 Å². The molecule has 4 rings (SSSR count). The third kappa shape index (κ3) is 4.92. The highest BCUT2D eigenvalue weighted by atomic mass is 32.2. The molecule has 158 valence electrons. The Morgan fingerprint density at radius 2 is 1.84 bits per heavy atom. The minimum Gasteiger partial charge on any atom is -0.496 e. The van der Waals surface area contributed by atoms with Crippen LogP contribution < -0.4 is 15.8 Å². The summed E-state index contributed by atoms with van der Waals surface area (Å²) in [5.74, 6) is 2.48. The van der Waals surface area contributed by atoms with Crippen LogP contribution in [0.4, 0.5) is 17.6 Å². The van der Waals surface area contributed by atoms with Gasteiger partial charge in [-0.1, -0.05) is 49.0 Å². The van der Waals surface area contributed by atoms with E-state index in [1.807, 2.05) is 42.5 Å². The Morgan fingerprint density at radius 3 is 2.68 bits per heavy atom. The van der Waals surface area contributed by atoms with Crippen LogP contribution in [0.15, 0.2) is 58.2 Å². The first-order chi connectivity index (χ1) is 15.2. The van der Waals surface area contributed by atoms with Gasteiger partial charge < -0.3 is 20.2 Å². The monoisotopic (exact) mass is 435 g/mol. The number of thioether (sulfide) groups is 1. The van der Waals surface area contributed by atoms with E-state index < -0.39 is 0 Å². The SMILES string of the molecule is CCc1ccccc1Nc1nc(N)nc(CSc2nnc(-c3ccccc3OC)o2)n1. The van der Waals surface area contributed by atoms with Gasteiger partial charge in [0.25, 0.3) is 11.1 Å². The number of nitrogens with two attached hydrogens (primary N) is 1. The minimum absolute atomic E-state index is 0.141. The van der Waals surface area contributed by atoms with Crippen molar-refractivity contribution >= 4 is 29.3 Å². The lowest BCUT2D eigenvalue weighted by Gasteiger charge is -2.10. The summed E-state index contributed by atoms with van der Waals surface area (Å²) in [4.78, 5) is 12.9. The van der Waals surface area contributed by atoms with Crippen molar-refractivity contribution < 1.29 is 9.15 Å². The van der Waals surface area contributed by atoms with Crippen LogP contribution in [0.5, 0.6) is 5.75 Å². The summed E-state index contributed by atoms with van der Waals surface area (Å²) < 4.78 is 11.1. The van der Waals surface area contributed by atoms with Gasteiger partial charge in [-0.05, 0) is 30.2 Å². The number of ether oxygens (including phenoxy) is 1.